The number of hydrogen-bond acceptors (Lipinski definition) is 2. The van der Waals surface area contributed by atoms with Crippen molar-refractivity contribution in [2.24, 2.45) is 4.99 Å². The third-order valence-electron chi connectivity index (χ3n) is 5.58. The molecular weight excluding hydrogens is 506 g/mol. The largest absolute Gasteiger partial charge is 0.352 e. The smallest absolute Gasteiger partial charge is 0.253 e. The van der Waals surface area contributed by atoms with Crippen LogP contribution in [0.3, 0.4) is 0 Å². The van der Waals surface area contributed by atoms with Gasteiger partial charge in [0, 0.05) is 32.2 Å². The maximum absolute atomic E-state index is 13.8. The SMILES string of the molecule is CN=C(NCc1ccc(C(=O)N2CCCCC2)cc1)NC(C)c1ccc(C)c(F)c1.I. The molecule has 1 fully saturated rings. The topological polar surface area (TPSA) is 56.7 Å². The van der Waals surface area contributed by atoms with Gasteiger partial charge in [-0.25, -0.2) is 4.39 Å². The summed E-state index contributed by atoms with van der Waals surface area (Å²) in [4.78, 5) is 18.8. The molecule has 0 aromatic heterocycles. The first-order valence-corrected chi connectivity index (χ1v) is 10.6. The summed E-state index contributed by atoms with van der Waals surface area (Å²) in [5.41, 5.74) is 3.29. The van der Waals surface area contributed by atoms with E-state index in [2.05, 4.69) is 15.6 Å². The van der Waals surface area contributed by atoms with Crippen LogP contribution in [0.1, 0.15) is 59.3 Å². The van der Waals surface area contributed by atoms with Gasteiger partial charge in [-0.05, 0) is 68.0 Å². The van der Waals surface area contributed by atoms with E-state index < -0.39 is 0 Å². The van der Waals surface area contributed by atoms with Crippen molar-refractivity contribution >= 4 is 35.8 Å². The van der Waals surface area contributed by atoms with Crippen LogP contribution in [0.5, 0.6) is 0 Å². The van der Waals surface area contributed by atoms with E-state index in [9.17, 15) is 9.18 Å². The molecule has 31 heavy (non-hydrogen) atoms. The molecule has 1 aliphatic rings. The van der Waals surface area contributed by atoms with Crippen molar-refractivity contribution in [2.45, 2.75) is 45.7 Å². The molecular formula is C24H32FIN4O. The predicted molar refractivity (Wildman–Crippen MR) is 134 cm³/mol. The summed E-state index contributed by atoms with van der Waals surface area (Å²) >= 11 is 0. The number of guanidine groups is 1. The van der Waals surface area contributed by atoms with Crippen LogP contribution in [0, 0.1) is 12.7 Å². The average Bonchev–Trinajstić information content (AvgIpc) is 2.78. The van der Waals surface area contributed by atoms with Crippen molar-refractivity contribution < 1.29 is 9.18 Å². The lowest BCUT2D eigenvalue weighted by molar-refractivity contribution is 0.0724. The number of rotatable bonds is 5. The highest BCUT2D eigenvalue weighted by atomic mass is 127. The first kappa shape index (κ1) is 25.1. The minimum Gasteiger partial charge on any atom is -0.352 e. The third kappa shape index (κ3) is 6.92. The van der Waals surface area contributed by atoms with Crippen molar-refractivity contribution in [1.82, 2.24) is 15.5 Å². The minimum atomic E-state index is -0.205. The van der Waals surface area contributed by atoms with Gasteiger partial charge >= 0.3 is 0 Å². The Bertz CT molecular complexity index is 895. The Hall–Kier alpha value is -2.16. The molecule has 0 spiro atoms. The lowest BCUT2D eigenvalue weighted by Gasteiger charge is -2.26. The summed E-state index contributed by atoms with van der Waals surface area (Å²) < 4.78 is 13.8. The Morgan fingerprint density at radius 3 is 2.42 bits per heavy atom. The minimum absolute atomic E-state index is 0. The van der Waals surface area contributed by atoms with Crippen LogP contribution in [0.15, 0.2) is 47.5 Å². The molecule has 168 valence electrons. The zero-order valence-corrected chi connectivity index (χ0v) is 20.8. The van der Waals surface area contributed by atoms with Gasteiger partial charge in [-0.3, -0.25) is 9.79 Å². The molecule has 1 unspecified atom stereocenters. The highest BCUT2D eigenvalue weighted by Gasteiger charge is 2.18. The molecule has 7 heteroatoms. The van der Waals surface area contributed by atoms with E-state index in [0.29, 0.717) is 18.1 Å². The Morgan fingerprint density at radius 2 is 1.81 bits per heavy atom. The van der Waals surface area contributed by atoms with Crippen LogP contribution >= 0.6 is 24.0 Å². The predicted octanol–water partition coefficient (Wildman–Crippen LogP) is 4.80. The molecule has 2 N–H and O–H groups in total. The van der Waals surface area contributed by atoms with Gasteiger partial charge in [0.25, 0.3) is 5.91 Å². The molecule has 0 aliphatic carbocycles. The van der Waals surface area contributed by atoms with E-state index in [-0.39, 0.29) is 41.7 Å². The quantitative estimate of drug-likeness (QED) is 0.327. The molecule has 0 saturated carbocycles. The molecule has 0 bridgehead atoms. The van der Waals surface area contributed by atoms with Gasteiger partial charge in [0.2, 0.25) is 0 Å². The zero-order valence-electron chi connectivity index (χ0n) is 18.5. The second-order valence-corrected chi connectivity index (χ2v) is 7.85. The second-order valence-electron chi connectivity index (χ2n) is 7.85. The summed E-state index contributed by atoms with van der Waals surface area (Å²) in [6.45, 7) is 6.01. The van der Waals surface area contributed by atoms with Crippen molar-refractivity contribution in [2.75, 3.05) is 20.1 Å². The molecule has 1 saturated heterocycles. The van der Waals surface area contributed by atoms with Crippen molar-refractivity contribution in [3.05, 3.63) is 70.5 Å². The fourth-order valence-electron chi connectivity index (χ4n) is 3.59. The standard InChI is InChI=1S/C24H31FN4O.HI/c1-17-7-10-21(15-22(17)25)18(2)28-24(26-3)27-16-19-8-11-20(12-9-19)23(30)29-13-5-4-6-14-29;/h7-12,15,18H,4-6,13-14,16H2,1-3H3,(H2,26,27,28);1H. The summed E-state index contributed by atoms with van der Waals surface area (Å²) in [6.07, 6.45) is 3.39. The number of aryl methyl sites for hydroxylation is 1. The van der Waals surface area contributed by atoms with Gasteiger partial charge in [-0.2, -0.15) is 0 Å². The van der Waals surface area contributed by atoms with Gasteiger partial charge in [0.1, 0.15) is 5.82 Å². The number of hydrogen-bond donors (Lipinski definition) is 2. The first-order chi connectivity index (χ1) is 14.5. The van der Waals surface area contributed by atoms with Crippen LogP contribution < -0.4 is 10.6 Å². The number of nitrogens with one attached hydrogen (secondary N) is 2. The normalized spacial score (nSPS) is 15.1. The Labute approximate surface area is 201 Å². The van der Waals surface area contributed by atoms with E-state index in [0.717, 1.165) is 42.6 Å². The zero-order chi connectivity index (χ0) is 21.5. The van der Waals surface area contributed by atoms with Gasteiger partial charge < -0.3 is 15.5 Å². The lowest BCUT2D eigenvalue weighted by atomic mass is 10.1. The number of aliphatic imine (C=N–C) groups is 1. The molecule has 3 rings (SSSR count). The Morgan fingerprint density at radius 1 is 1.13 bits per heavy atom. The second kappa shape index (κ2) is 12.0. The van der Waals surface area contributed by atoms with E-state index >= 15 is 0 Å². The van der Waals surface area contributed by atoms with Crippen LogP contribution in [0.4, 0.5) is 4.39 Å². The Kier molecular flexibility index (Phi) is 9.74. The number of piperidine rings is 1. The van der Waals surface area contributed by atoms with Crippen LogP contribution in [0.2, 0.25) is 0 Å². The average molecular weight is 538 g/mol. The molecule has 1 heterocycles. The number of halogens is 2. The van der Waals surface area contributed by atoms with E-state index in [1.807, 2.05) is 42.2 Å². The summed E-state index contributed by atoms with van der Waals surface area (Å²) in [5.74, 6) is 0.547. The fourth-order valence-corrected chi connectivity index (χ4v) is 3.59. The molecule has 1 atom stereocenters. The van der Waals surface area contributed by atoms with Crippen LogP contribution in [-0.2, 0) is 6.54 Å². The van der Waals surface area contributed by atoms with Crippen molar-refractivity contribution in [3.63, 3.8) is 0 Å². The van der Waals surface area contributed by atoms with Crippen molar-refractivity contribution in [3.8, 4) is 0 Å². The maximum atomic E-state index is 13.8. The number of likely N-dealkylation sites (tertiary alicyclic amines) is 1. The summed E-state index contributed by atoms with van der Waals surface area (Å²) in [7, 11) is 1.71. The molecule has 5 nitrogen and oxygen atoms in total. The fraction of sp³-hybridized carbons (Fsp3) is 0.417. The third-order valence-corrected chi connectivity index (χ3v) is 5.58. The molecule has 0 radical (unpaired) electrons. The highest BCUT2D eigenvalue weighted by Crippen LogP contribution is 2.16. The molecule has 2 aromatic carbocycles. The number of carbonyl (C=O) groups excluding carboxylic acids is 1. The number of nitrogens with zero attached hydrogens (tertiary/aromatic N) is 2. The number of amides is 1. The molecule has 1 aliphatic heterocycles. The van der Waals surface area contributed by atoms with E-state index in [1.54, 1.807) is 26.1 Å². The van der Waals surface area contributed by atoms with Crippen molar-refractivity contribution in [1.29, 1.82) is 0 Å². The van der Waals surface area contributed by atoms with Gasteiger partial charge in [0.15, 0.2) is 5.96 Å². The molecule has 1 amide bonds. The summed E-state index contributed by atoms with van der Waals surface area (Å²) in [6, 6.07) is 12.9. The first-order valence-electron chi connectivity index (χ1n) is 10.6. The monoisotopic (exact) mass is 538 g/mol. The van der Waals surface area contributed by atoms with E-state index in [1.165, 1.54) is 6.42 Å². The van der Waals surface area contributed by atoms with Gasteiger partial charge in [0.05, 0.1) is 6.04 Å². The van der Waals surface area contributed by atoms with Crippen LogP contribution in [-0.4, -0.2) is 36.9 Å². The lowest BCUT2D eigenvalue weighted by Crippen LogP contribution is -2.38. The van der Waals surface area contributed by atoms with Crippen LogP contribution in [0.25, 0.3) is 0 Å². The Balaban J connectivity index is 0.00000341. The van der Waals surface area contributed by atoms with Gasteiger partial charge in [-0.15, -0.1) is 24.0 Å². The van der Waals surface area contributed by atoms with E-state index in [4.69, 9.17) is 0 Å². The highest BCUT2D eigenvalue weighted by molar-refractivity contribution is 14.0. The molecule has 2 aromatic rings. The number of benzene rings is 2. The maximum Gasteiger partial charge on any atom is 0.253 e. The summed E-state index contributed by atoms with van der Waals surface area (Å²) in [5, 5.41) is 6.56. The van der Waals surface area contributed by atoms with Gasteiger partial charge in [-0.1, -0.05) is 24.3 Å². The number of carbonyl (C=O) groups is 1.